The van der Waals surface area contributed by atoms with E-state index in [4.69, 9.17) is 0 Å². The van der Waals surface area contributed by atoms with Crippen LogP contribution in [0.2, 0.25) is 0 Å². The van der Waals surface area contributed by atoms with E-state index >= 15 is 0 Å². The molecule has 0 aromatic carbocycles. The summed E-state index contributed by atoms with van der Waals surface area (Å²) in [5.74, 6) is -0.447. The van der Waals surface area contributed by atoms with Gasteiger partial charge in [0.15, 0.2) is 0 Å². The van der Waals surface area contributed by atoms with Crippen molar-refractivity contribution in [3.05, 3.63) is 11.6 Å². The van der Waals surface area contributed by atoms with Crippen LogP contribution in [-0.2, 0) is 0 Å². The largest absolute Gasteiger partial charge is 0.302 e. The first-order valence-electron chi connectivity index (χ1n) is 7.46. The Bertz CT molecular complexity index is 503. The van der Waals surface area contributed by atoms with E-state index in [1.807, 2.05) is 14.1 Å². The number of allylic oxidation sites excluding steroid dienone is 1. The van der Waals surface area contributed by atoms with Crippen molar-refractivity contribution in [2.24, 2.45) is 22.7 Å². The molecular weight excluding hydrogens is 246 g/mol. The van der Waals surface area contributed by atoms with Crippen LogP contribution in [0.25, 0.3) is 0 Å². The molecule has 0 radical (unpaired) electrons. The van der Waals surface area contributed by atoms with E-state index in [9.17, 15) is 10.5 Å². The zero-order valence-electron chi connectivity index (χ0n) is 13.3. The quantitative estimate of drug-likeness (QED) is 0.687. The molecule has 108 valence electrons. The SMILES string of the molecule is CN(C)[C@@H]1C=C2C(C)(C)CCC[C@]2(C)[C@@H](C#N)[C@@H]1C#N. The van der Waals surface area contributed by atoms with Gasteiger partial charge in [-0.25, -0.2) is 0 Å². The van der Waals surface area contributed by atoms with Crippen molar-refractivity contribution in [2.75, 3.05) is 14.1 Å². The number of hydrogen-bond acceptors (Lipinski definition) is 3. The highest BCUT2D eigenvalue weighted by molar-refractivity contribution is 5.35. The highest BCUT2D eigenvalue weighted by Crippen LogP contribution is 2.58. The van der Waals surface area contributed by atoms with Gasteiger partial charge in [0.2, 0.25) is 0 Å². The van der Waals surface area contributed by atoms with E-state index in [1.54, 1.807) is 0 Å². The molecule has 2 aliphatic carbocycles. The van der Waals surface area contributed by atoms with Gasteiger partial charge in [0, 0.05) is 11.5 Å². The van der Waals surface area contributed by atoms with Gasteiger partial charge in [-0.2, -0.15) is 10.5 Å². The average molecular weight is 271 g/mol. The van der Waals surface area contributed by atoms with Crippen LogP contribution in [0, 0.1) is 45.3 Å². The molecule has 1 fully saturated rings. The Labute approximate surface area is 122 Å². The zero-order valence-corrected chi connectivity index (χ0v) is 13.3. The van der Waals surface area contributed by atoms with Gasteiger partial charge >= 0.3 is 0 Å². The molecule has 1 saturated carbocycles. The molecule has 20 heavy (non-hydrogen) atoms. The minimum atomic E-state index is -0.238. The molecule has 0 heterocycles. The highest BCUT2D eigenvalue weighted by atomic mass is 15.1. The Hall–Kier alpha value is -1.32. The van der Waals surface area contributed by atoms with Crippen molar-refractivity contribution in [3.63, 3.8) is 0 Å². The molecular formula is C17H25N3. The van der Waals surface area contributed by atoms with Crippen LogP contribution >= 0.6 is 0 Å². The maximum Gasteiger partial charge on any atom is 0.0820 e. The number of rotatable bonds is 1. The summed E-state index contributed by atoms with van der Waals surface area (Å²) in [5, 5.41) is 19.3. The molecule has 0 aliphatic heterocycles. The van der Waals surface area contributed by atoms with E-state index < -0.39 is 0 Å². The summed E-state index contributed by atoms with van der Waals surface area (Å²) < 4.78 is 0. The van der Waals surface area contributed by atoms with Crippen molar-refractivity contribution in [3.8, 4) is 12.1 Å². The summed E-state index contributed by atoms with van der Waals surface area (Å²) in [4.78, 5) is 2.08. The van der Waals surface area contributed by atoms with E-state index in [1.165, 1.54) is 12.0 Å². The summed E-state index contributed by atoms with van der Waals surface area (Å²) in [6.07, 6.45) is 5.63. The second-order valence-corrected chi connectivity index (χ2v) is 7.45. The van der Waals surface area contributed by atoms with Crippen LogP contribution < -0.4 is 0 Å². The fourth-order valence-electron chi connectivity index (χ4n) is 4.39. The van der Waals surface area contributed by atoms with Crippen molar-refractivity contribution >= 4 is 0 Å². The van der Waals surface area contributed by atoms with Gasteiger partial charge in [-0.05, 0) is 32.4 Å². The lowest BCUT2D eigenvalue weighted by molar-refractivity contribution is 0.0874. The Balaban J connectivity index is 2.62. The molecule has 2 aliphatic rings. The Morgan fingerprint density at radius 2 is 1.80 bits per heavy atom. The third kappa shape index (κ3) is 2.05. The number of fused-ring (bicyclic) bond motifs is 1. The number of hydrogen-bond donors (Lipinski definition) is 0. The lowest BCUT2D eigenvalue weighted by atomic mass is 9.51. The second-order valence-electron chi connectivity index (χ2n) is 7.45. The zero-order chi connectivity index (χ0) is 15.1. The summed E-state index contributed by atoms with van der Waals surface area (Å²) >= 11 is 0. The fraction of sp³-hybridized carbons (Fsp3) is 0.765. The lowest BCUT2D eigenvalue weighted by Crippen LogP contribution is -2.51. The predicted molar refractivity (Wildman–Crippen MR) is 79.5 cm³/mol. The topological polar surface area (TPSA) is 50.8 Å². The average Bonchev–Trinajstić information content (AvgIpc) is 2.35. The molecule has 2 rings (SSSR count). The minimum Gasteiger partial charge on any atom is -0.302 e. The van der Waals surface area contributed by atoms with Crippen LogP contribution in [0.3, 0.4) is 0 Å². The molecule has 0 saturated heterocycles. The second kappa shape index (κ2) is 4.90. The van der Waals surface area contributed by atoms with Gasteiger partial charge < -0.3 is 4.90 Å². The van der Waals surface area contributed by atoms with Crippen molar-refractivity contribution in [1.82, 2.24) is 4.90 Å². The van der Waals surface area contributed by atoms with Gasteiger partial charge in [-0.1, -0.05) is 38.8 Å². The van der Waals surface area contributed by atoms with Crippen LogP contribution in [0.4, 0.5) is 0 Å². The molecule has 0 aromatic heterocycles. The third-order valence-electron chi connectivity index (χ3n) is 5.48. The first-order valence-corrected chi connectivity index (χ1v) is 7.46. The maximum absolute atomic E-state index is 9.72. The number of nitrogens with zero attached hydrogens (tertiary/aromatic N) is 3. The molecule has 0 aromatic rings. The van der Waals surface area contributed by atoms with Gasteiger partial charge in [-0.3, -0.25) is 0 Å². The third-order valence-corrected chi connectivity index (χ3v) is 5.48. The molecule has 0 N–H and O–H groups in total. The molecule has 3 nitrogen and oxygen atoms in total. The summed E-state index contributed by atoms with van der Waals surface area (Å²) in [6.45, 7) is 6.76. The van der Waals surface area contributed by atoms with Crippen molar-refractivity contribution in [2.45, 2.75) is 46.1 Å². The van der Waals surface area contributed by atoms with Gasteiger partial charge in [0.1, 0.15) is 0 Å². The lowest BCUT2D eigenvalue weighted by Gasteiger charge is -2.53. The normalized spacial score (nSPS) is 39.4. The van der Waals surface area contributed by atoms with E-state index in [2.05, 4.69) is 43.9 Å². The molecule has 0 unspecified atom stereocenters. The van der Waals surface area contributed by atoms with Crippen molar-refractivity contribution in [1.29, 1.82) is 10.5 Å². The number of nitriles is 2. The smallest absolute Gasteiger partial charge is 0.0820 e. The van der Waals surface area contributed by atoms with Crippen LogP contribution in [0.15, 0.2) is 11.6 Å². The summed E-state index contributed by atoms with van der Waals surface area (Å²) in [7, 11) is 4.00. The molecule has 0 spiro atoms. The van der Waals surface area contributed by atoms with Crippen LogP contribution in [0.5, 0.6) is 0 Å². The Morgan fingerprint density at radius 3 is 2.30 bits per heavy atom. The van der Waals surface area contributed by atoms with Gasteiger partial charge in [0.25, 0.3) is 0 Å². The standard InChI is InChI=1S/C17H25N3/c1-16(2)7-6-8-17(3)13(11-19)12(10-18)14(20(4)5)9-15(16)17/h9,12-14H,6-8H2,1-5H3/t12-,13-,14+,17+/m0/s1. The first-order chi connectivity index (χ1) is 9.28. The Morgan fingerprint density at radius 1 is 1.15 bits per heavy atom. The molecule has 0 bridgehead atoms. The van der Waals surface area contributed by atoms with Gasteiger partial charge in [-0.15, -0.1) is 0 Å². The number of likely N-dealkylation sites (N-methyl/N-ethyl adjacent to an activating group) is 1. The summed E-state index contributed by atoms with van der Waals surface area (Å²) in [5.41, 5.74) is 1.40. The first kappa shape index (κ1) is 15.1. The summed E-state index contributed by atoms with van der Waals surface area (Å²) in [6, 6.07) is 4.94. The predicted octanol–water partition coefficient (Wildman–Crippen LogP) is 3.35. The van der Waals surface area contributed by atoms with E-state index in [-0.39, 0.29) is 28.7 Å². The van der Waals surface area contributed by atoms with E-state index in [0.29, 0.717) is 0 Å². The van der Waals surface area contributed by atoms with Gasteiger partial charge in [0.05, 0.1) is 24.0 Å². The van der Waals surface area contributed by atoms with Crippen LogP contribution in [0.1, 0.15) is 40.0 Å². The fourth-order valence-corrected chi connectivity index (χ4v) is 4.39. The molecule has 4 atom stereocenters. The monoisotopic (exact) mass is 271 g/mol. The van der Waals surface area contributed by atoms with Crippen molar-refractivity contribution < 1.29 is 0 Å². The minimum absolute atomic E-state index is 0.0464. The Kier molecular flexibility index (Phi) is 3.69. The molecule has 3 heteroatoms. The van der Waals surface area contributed by atoms with E-state index in [0.717, 1.165) is 12.8 Å². The highest BCUT2D eigenvalue weighted by Gasteiger charge is 2.53. The van der Waals surface area contributed by atoms with Crippen LogP contribution in [-0.4, -0.2) is 25.0 Å². The maximum atomic E-state index is 9.72. The molecule has 0 amide bonds.